The van der Waals surface area contributed by atoms with E-state index < -0.39 is 5.91 Å². The number of rotatable bonds is 2. The highest BCUT2D eigenvalue weighted by Crippen LogP contribution is 2.31. The molecule has 0 saturated heterocycles. The zero-order chi connectivity index (χ0) is 15.0. The van der Waals surface area contributed by atoms with Gasteiger partial charge in [0.25, 0.3) is 5.91 Å². The Morgan fingerprint density at radius 3 is 2.71 bits per heavy atom. The number of amides is 2. The first-order chi connectivity index (χ1) is 10.1. The highest BCUT2D eigenvalue weighted by atomic mass is 32.1. The molecular formula is C16H16N2O2S. The van der Waals surface area contributed by atoms with E-state index >= 15 is 0 Å². The fourth-order valence-corrected chi connectivity index (χ4v) is 3.57. The Labute approximate surface area is 127 Å². The van der Waals surface area contributed by atoms with Gasteiger partial charge in [-0.2, -0.15) is 0 Å². The molecule has 1 aromatic heterocycles. The maximum absolute atomic E-state index is 12.7. The van der Waals surface area contributed by atoms with Crippen LogP contribution in [-0.4, -0.2) is 18.4 Å². The molecular weight excluding hydrogens is 284 g/mol. The van der Waals surface area contributed by atoms with Crippen molar-refractivity contribution in [3.63, 3.8) is 0 Å². The molecule has 21 heavy (non-hydrogen) atoms. The van der Waals surface area contributed by atoms with Crippen LogP contribution in [0.1, 0.15) is 36.9 Å². The SMILES string of the molecule is Cc1ccc(C(=O)N2CCCc3c(C(N)=O)cccc32)s1. The first-order valence-corrected chi connectivity index (χ1v) is 7.69. The summed E-state index contributed by atoms with van der Waals surface area (Å²) in [7, 11) is 0. The summed E-state index contributed by atoms with van der Waals surface area (Å²) in [6.07, 6.45) is 1.62. The second-order valence-electron chi connectivity index (χ2n) is 5.14. The van der Waals surface area contributed by atoms with Gasteiger partial charge in [-0.1, -0.05) is 6.07 Å². The molecule has 5 heteroatoms. The van der Waals surface area contributed by atoms with Gasteiger partial charge in [-0.3, -0.25) is 9.59 Å². The Hall–Kier alpha value is -2.14. The molecule has 2 aromatic rings. The van der Waals surface area contributed by atoms with Gasteiger partial charge in [0.1, 0.15) is 0 Å². The molecule has 1 aliphatic rings. The number of carbonyl (C=O) groups is 2. The Balaban J connectivity index is 2.03. The molecule has 2 heterocycles. The van der Waals surface area contributed by atoms with E-state index in [9.17, 15) is 9.59 Å². The second-order valence-corrected chi connectivity index (χ2v) is 6.43. The van der Waals surface area contributed by atoms with Gasteiger partial charge >= 0.3 is 0 Å². The van der Waals surface area contributed by atoms with Crippen LogP contribution in [-0.2, 0) is 6.42 Å². The average molecular weight is 300 g/mol. The number of primary amides is 1. The zero-order valence-corrected chi connectivity index (χ0v) is 12.6. The smallest absolute Gasteiger partial charge is 0.268 e. The topological polar surface area (TPSA) is 63.4 Å². The summed E-state index contributed by atoms with van der Waals surface area (Å²) in [5.74, 6) is -0.441. The van der Waals surface area contributed by atoms with Crippen molar-refractivity contribution in [2.75, 3.05) is 11.4 Å². The highest BCUT2D eigenvalue weighted by molar-refractivity contribution is 7.14. The fourth-order valence-electron chi connectivity index (χ4n) is 2.75. The van der Waals surface area contributed by atoms with E-state index in [0.29, 0.717) is 12.1 Å². The molecule has 0 spiro atoms. The summed E-state index contributed by atoms with van der Waals surface area (Å²) in [4.78, 5) is 27.8. The summed E-state index contributed by atoms with van der Waals surface area (Å²) in [6.45, 7) is 2.65. The zero-order valence-electron chi connectivity index (χ0n) is 11.8. The molecule has 4 nitrogen and oxygen atoms in total. The van der Waals surface area contributed by atoms with Gasteiger partial charge in [-0.25, -0.2) is 0 Å². The van der Waals surface area contributed by atoms with E-state index in [1.807, 2.05) is 25.1 Å². The van der Waals surface area contributed by atoms with Gasteiger partial charge in [0.05, 0.1) is 4.88 Å². The monoisotopic (exact) mass is 300 g/mol. The second kappa shape index (κ2) is 5.33. The number of hydrogen-bond donors (Lipinski definition) is 1. The minimum Gasteiger partial charge on any atom is -0.366 e. The van der Waals surface area contributed by atoms with Crippen LogP contribution in [0, 0.1) is 6.92 Å². The van der Waals surface area contributed by atoms with E-state index in [2.05, 4.69) is 0 Å². The molecule has 0 fully saturated rings. The van der Waals surface area contributed by atoms with Crippen LogP contribution >= 0.6 is 11.3 Å². The van der Waals surface area contributed by atoms with Crippen LogP contribution < -0.4 is 10.6 Å². The van der Waals surface area contributed by atoms with Crippen molar-refractivity contribution in [2.45, 2.75) is 19.8 Å². The summed E-state index contributed by atoms with van der Waals surface area (Å²) in [6, 6.07) is 9.20. The summed E-state index contributed by atoms with van der Waals surface area (Å²) < 4.78 is 0. The van der Waals surface area contributed by atoms with Crippen molar-refractivity contribution in [3.8, 4) is 0 Å². The number of hydrogen-bond acceptors (Lipinski definition) is 3. The molecule has 1 aromatic carbocycles. The third-order valence-corrected chi connectivity index (χ3v) is 4.70. The van der Waals surface area contributed by atoms with Crippen molar-refractivity contribution in [2.24, 2.45) is 5.73 Å². The molecule has 0 radical (unpaired) electrons. The number of thiophene rings is 1. The van der Waals surface area contributed by atoms with E-state index in [-0.39, 0.29) is 5.91 Å². The minimum atomic E-state index is -0.437. The molecule has 0 unspecified atom stereocenters. The van der Waals surface area contributed by atoms with Crippen LogP contribution in [0.4, 0.5) is 5.69 Å². The van der Waals surface area contributed by atoms with Gasteiger partial charge in [-0.05, 0) is 49.6 Å². The largest absolute Gasteiger partial charge is 0.366 e. The third kappa shape index (κ3) is 2.45. The lowest BCUT2D eigenvalue weighted by Crippen LogP contribution is -2.36. The minimum absolute atomic E-state index is 0.00401. The van der Waals surface area contributed by atoms with Crippen LogP contribution in [0.15, 0.2) is 30.3 Å². The molecule has 108 valence electrons. The van der Waals surface area contributed by atoms with Crippen molar-refractivity contribution in [3.05, 3.63) is 51.2 Å². The number of nitrogens with two attached hydrogens (primary N) is 1. The van der Waals surface area contributed by atoms with Crippen LogP contribution in [0.3, 0.4) is 0 Å². The highest BCUT2D eigenvalue weighted by Gasteiger charge is 2.26. The van der Waals surface area contributed by atoms with Crippen LogP contribution in [0.25, 0.3) is 0 Å². The lowest BCUT2D eigenvalue weighted by atomic mass is 9.95. The fraction of sp³-hybridized carbons (Fsp3) is 0.250. The lowest BCUT2D eigenvalue weighted by Gasteiger charge is -2.30. The van der Waals surface area contributed by atoms with Gasteiger partial charge in [0.2, 0.25) is 5.91 Å². The van der Waals surface area contributed by atoms with Crippen molar-refractivity contribution < 1.29 is 9.59 Å². The molecule has 3 rings (SSSR count). The van der Waals surface area contributed by atoms with E-state index in [4.69, 9.17) is 5.73 Å². The van der Waals surface area contributed by atoms with E-state index in [1.54, 1.807) is 17.0 Å². The van der Waals surface area contributed by atoms with Crippen LogP contribution in [0.2, 0.25) is 0 Å². The van der Waals surface area contributed by atoms with Gasteiger partial charge in [-0.15, -0.1) is 11.3 Å². The number of fused-ring (bicyclic) bond motifs is 1. The number of anilines is 1. The first-order valence-electron chi connectivity index (χ1n) is 6.88. The molecule has 2 N–H and O–H groups in total. The van der Waals surface area contributed by atoms with E-state index in [1.165, 1.54) is 11.3 Å². The Morgan fingerprint density at radius 2 is 2.05 bits per heavy atom. The number of aryl methyl sites for hydroxylation is 1. The predicted molar refractivity (Wildman–Crippen MR) is 84.0 cm³/mol. The quantitative estimate of drug-likeness (QED) is 0.927. The summed E-state index contributed by atoms with van der Waals surface area (Å²) in [5, 5.41) is 0. The third-order valence-electron chi connectivity index (χ3n) is 3.71. The molecule has 0 atom stereocenters. The number of carbonyl (C=O) groups excluding carboxylic acids is 2. The summed E-state index contributed by atoms with van der Waals surface area (Å²) in [5.41, 5.74) is 7.65. The van der Waals surface area contributed by atoms with Gasteiger partial charge in [0.15, 0.2) is 0 Å². The molecule has 0 aliphatic carbocycles. The maximum atomic E-state index is 12.7. The van der Waals surface area contributed by atoms with Gasteiger partial charge in [0, 0.05) is 22.7 Å². The maximum Gasteiger partial charge on any atom is 0.268 e. The lowest BCUT2D eigenvalue weighted by molar-refractivity contribution is 0.0980. The van der Waals surface area contributed by atoms with Crippen molar-refractivity contribution >= 4 is 28.8 Å². The summed E-state index contributed by atoms with van der Waals surface area (Å²) >= 11 is 1.49. The standard InChI is InChI=1S/C16H16N2O2S/c1-10-7-8-14(21-10)16(20)18-9-3-5-11-12(15(17)19)4-2-6-13(11)18/h2,4,6-8H,3,5,9H2,1H3,(H2,17,19). The average Bonchev–Trinajstić information content (AvgIpc) is 2.91. The molecule has 2 amide bonds. The number of benzene rings is 1. The Bertz CT molecular complexity index is 721. The molecule has 1 aliphatic heterocycles. The van der Waals surface area contributed by atoms with E-state index in [0.717, 1.165) is 33.8 Å². The van der Waals surface area contributed by atoms with Crippen molar-refractivity contribution in [1.29, 1.82) is 0 Å². The van der Waals surface area contributed by atoms with Crippen LogP contribution in [0.5, 0.6) is 0 Å². The van der Waals surface area contributed by atoms with Gasteiger partial charge < -0.3 is 10.6 Å². The predicted octanol–water partition coefficient (Wildman–Crippen LogP) is 2.75. The van der Waals surface area contributed by atoms with Crippen molar-refractivity contribution in [1.82, 2.24) is 0 Å². The Morgan fingerprint density at radius 1 is 1.24 bits per heavy atom. The first kappa shape index (κ1) is 13.8. The normalized spacial score (nSPS) is 13.9. The number of nitrogens with zero attached hydrogens (tertiary/aromatic N) is 1. The molecule has 0 saturated carbocycles. The Kier molecular flexibility index (Phi) is 3.51. The molecule has 0 bridgehead atoms.